The van der Waals surface area contributed by atoms with Gasteiger partial charge < -0.3 is 10.0 Å². The fourth-order valence-electron chi connectivity index (χ4n) is 3.07. The lowest BCUT2D eigenvalue weighted by Crippen LogP contribution is -2.47. The van der Waals surface area contributed by atoms with Gasteiger partial charge in [-0.2, -0.15) is 0 Å². The van der Waals surface area contributed by atoms with Gasteiger partial charge in [0.05, 0.1) is 12.1 Å². The molecule has 4 heteroatoms. The maximum absolute atomic E-state index is 13.2. The van der Waals surface area contributed by atoms with Crippen molar-refractivity contribution >= 4 is 11.6 Å². The molecular weight excluding hydrogens is 233 g/mol. The molecule has 0 unspecified atom stereocenters. The van der Waals surface area contributed by atoms with E-state index in [0.717, 1.165) is 30.5 Å². The van der Waals surface area contributed by atoms with Crippen LogP contribution < -0.4 is 4.90 Å². The van der Waals surface area contributed by atoms with Gasteiger partial charge in [-0.3, -0.25) is 4.79 Å². The summed E-state index contributed by atoms with van der Waals surface area (Å²) in [6.07, 6.45) is 3.04. The summed E-state index contributed by atoms with van der Waals surface area (Å²) in [6.45, 7) is 0. The van der Waals surface area contributed by atoms with E-state index in [1.165, 1.54) is 12.1 Å². The number of rotatable bonds is 1. The molecule has 0 aromatic heterocycles. The van der Waals surface area contributed by atoms with Crippen LogP contribution in [0.25, 0.3) is 0 Å². The summed E-state index contributed by atoms with van der Waals surface area (Å²) in [5.74, 6) is -0.227. The molecule has 1 aromatic carbocycles. The van der Waals surface area contributed by atoms with Crippen molar-refractivity contribution in [2.75, 3.05) is 4.90 Å². The minimum absolute atomic E-state index is 0.0417. The van der Waals surface area contributed by atoms with Gasteiger partial charge in [-0.05, 0) is 49.4 Å². The molecule has 3 rings (SSSR count). The second kappa shape index (κ2) is 4.35. The Hall–Kier alpha value is -1.42. The number of hydrogen-bond donors (Lipinski definition) is 1. The molecule has 1 aromatic rings. The highest BCUT2D eigenvalue weighted by Gasteiger charge is 2.37. The fraction of sp³-hybridized carbons (Fsp3) is 0.500. The van der Waals surface area contributed by atoms with Gasteiger partial charge in [-0.1, -0.05) is 0 Å². The average molecular weight is 249 g/mol. The number of nitrogens with zero attached hydrogens (tertiary/aromatic N) is 1. The summed E-state index contributed by atoms with van der Waals surface area (Å²) >= 11 is 0. The molecule has 96 valence electrons. The van der Waals surface area contributed by atoms with Crippen LogP contribution in [-0.2, 0) is 11.2 Å². The molecule has 0 saturated heterocycles. The van der Waals surface area contributed by atoms with Crippen LogP contribution in [0.15, 0.2) is 18.2 Å². The second-order valence-electron chi connectivity index (χ2n) is 5.10. The van der Waals surface area contributed by atoms with E-state index in [0.29, 0.717) is 12.8 Å². The van der Waals surface area contributed by atoms with Crippen LogP contribution in [0.1, 0.15) is 31.2 Å². The minimum atomic E-state index is -0.454. The topological polar surface area (TPSA) is 40.5 Å². The van der Waals surface area contributed by atoms with Gasteiger partial charge in [0.15, 0.2) is 0 Å². The quantitative estimate of drug-likeness (QED) is 0.827. The molecule has 1 aliphatic heterocycles. The molecule has 1 aliphatic carbocycles. The number of hydrogen-bond acceptors (Lipinski definition) is 2. The van der Waals surface area contributed by atoms with Gasteiger partial charge in [0.1, 0.15) is 5.82 Å². The van der Waals surface area contributed by atoms with E-state index in [1.54, 1.807) is 11.0 Å². The largest absolute Gasteiger partial charge is 0.391 e. The lowest BCUT2D eigenvalue weighted by Gasteiger charge is -2.35. The first-order chi connectivity index (χ1) is 8.66. The van der Waals surface area contributed by atoms with E-state index in [9.17, 15) is 14.3 Å². The van der Waals surface area contributed by atoms with Crippen LogP contribution in [-0.4, -0.2) is 23.2 Å². The fourth-order valence-corrected chi connectivity index (χ4v) is 3.07. The smallest absolute Gasteiger partial charge is 0.227 e. The zero-order chi connectivity index (χ0) is 12.7. The monoisotopic (exact) mass is 249 g/mol. The van der Waals surface area contributed by atoms with Crippen LogP contribution in [0.5, 0.6) is 0 Å². The Kier molecular flexibility index (Phi) is 2.82. The Morgan fingerprint density at radius 2 is 2.11 bits per heavy atom. The van der Waals surface area contributed by atoms with E-state index in [4.69, 9.17) is 0 Å². The number of aryl methyl sites for hydroxylation is 1. The van der Waals surface area contributed by atoms with E-state index in [2.05, 4.69) is 0 Å². The third-order valence-corrected chi connectivity index (χ3v) is 3.95. The van der Waals surface area contributed by atoms with Crippen molar-refractivity contribution in [1.82, 2.24) is 0 Å². The number of aliphatic hydroxyl groups excluding tert-OH is 1. The van der Waals surface area contributed by atoms with E-state index in [1.807, 2.05) is 0 Å². The van der Waals surface area contributed by atoms with Crippen LogP contribution in [0.3, 0.4) is 0 Å². The van der Waals surface area contributed by atoms with Gasteiger partial charge in [0.25, 0.3) is 0 Å². The van der Waals surface area contributed by atoms with Crippen LogP contribution in [0.2, 0.25) is 0 Å². The third kappa shape index (κ3) is 1.81. The highest BCUT2D eigenvalue weighted by Crippen LogP contribution is 2.35. The SMILES string of the molecule is O=C1CCc2cc(F)ccc2N1[C@H]1CCC[C@@H]1O. The van der Waals surface area contributed by atoms with Gasteiger partial charge in [-0.25, -0.2) is 4.39 Å². The minimum Gasteiger partial charge on any atom is -0.391 e. The molecular formula is C14H16FNO2. The molecule has 1 N–H and O–H groups in total. The summed E-state index contributed by atoms with van der Waals surface area (Å²) in [4.78, 5) is 13.8. The molecule has 1 heterocycles. The number of anilines is 1. The Labute approximate surface area is 105 Å². The van der Waals surface area contributed by atoms with Gasteiger partial charge in [0, 0.05) is 12.1 Å². The first-order valence-corrected chi connectivity index (χ1v) is 6.45. The van der Waals surface area contributed by atoms with Crippen molar-refractivity contribution in [2.45, 2.75) is 44.2 Å². The molecule has 0 bridgehead atoms. The van der Waals surface area contributed by atoms with Crippen molar-refractivity contribution in [1.29, 1.82) is 0 Å². The van der Waals surface area contributed by atoms with E-state index < -0.39 is 6.10 Å². The molecule has 3 nitrogen and oxygen atoms in total. The highest BCUT2D eigenvalue weighted by atomic mass is 19.1. The number of carbonyl (C=O) groups is 1. The summed E-state index contributed by atoms with van der Waals surface area (Å²) in [5.41, 5.74) is 1.65. The third-order valence-electron chi connectivity index (χ3n) is 3.95. The number of carbonyl (C=O) groups excluding carboxylic acids is 1. The van der Waals surface area contributed by atoms with Gasteiger partial charge >= 0.3 is 0 Å². The number of halogens is 1. The van der Waals surface area contributed by atoms with Crippen LogP contribution in [0, 0.1) is 5.82 Å². The summed E-state index contributed by atoms with van der Waals surface area (Å²) in [6, 6.07) is 4.40. The Morgan fingerprint density at radius 3 is 2.83 bits per heavy atom. The zero-order valence-corrected chi connectivity index (χ0v) is 10.1. The van der Waals surface area contributed by atoms with Crippen LogP contribution >= 0.6 is 0 Å². The summed E-state index contributed by atoms with van der Waals surface area (Å²) < 4.78 is 13.2. The predicted molar refractivity (Wildman–Crippen MR) is 65.9 cm³/mol. The highest BCUT2D eigenvalue weighted by molar-refractivity contribution is 5.97. The molecule has 18 heavy (non-hydrogen) atoms. The number of amides is 1. The zero-order valence-electron chi connectivity index (χ0n) is 10.1. The number of benzene rings is 1. The normalized spacial score (nSPS) is 27.4. The van der Waals surface area contributed by atoms with Crippen molar-refractivity contribution in [3.8, 4) is 0 Å². The van der Waals surface area contributed by atoms with Crippen LogP contribution in [0.4, 0.5) is 10.1 Å². The first kappa shape index (κ1) is 11.7. The van der Waals surface area contributed by atoms with Gasteiger partial charge in [0.2, 0.25) is 5.91 Å². The maximum atomic E-state index is 13.2. The molecule has 0 spiro atoms. The van der Waals surface area contributed by atoms with E-state index in [-0.39, 0.29) is 17.8 Å². The Bertz CT molecular complexity index is 489. The van der Waals surface area contributed by atoms with Crippen molar-refractivity contribution < 1.29 is 14.3 Å². The molecule has 2 atom stereocenters. The predicted octanol–water partition coefficient (Wildman–Crippen LogP) is 2.02. The molecule has 0 radical (unpaired) electrons. The number of fused-ring (bicyclic) bond motifs is 1. The van der Waals surface area contributed by atoms with Gasteiger partial charge in [-0.15, -0.1) is 0 Å². The molecule has 1 fully saturated rings. The lowest BCUT2D eigenvalue weighted by molar-refractivity contribution is -0.119. The molecule has 2 aliphatic rings. The summed E-state index contributed by atoms with van der Waals surface area (Å²) in [7, 11) is 0. The number of aliphatic hydroxyl groups is 1. The Balaban J connectivity index is 2.01. The standard InChI is InChI=1S/C14H16FNO2/c15-10-5-6-11-9(8-10)4-7-14(18)16(11)12-2-1-3-13(12)17/h5-6,8,12-13,17H,1-4,7H2/t12-,13-/m0/s1. The first-order valence-electron chi connectivity index (χ1n) is 6.45. The summed E-state index contributed by atoms with van der Waals surface area (Å²) in [5, 5.41) is 9.97. The molecule has 1 saturated carbocycles. The van der Waals surface area contributed by atoms with Crippen molar-refractivity contribution in [2.24, 2.45) is 0 Å². The van der Waals surface area contributed by atoms with Crippen molar-refractivity contribution in [3.63, 3.8) is 0 Å². The average Bonchev–Trinajstić information content (AvgIpc) is 2.76. The maximum Gasteiger partial charge on any atom is 0.227 e. The lowest BCUT2D eigenvalue weighted by atomic mass is 9.98. The van der Waals surface area contributed by atoms with E-state index >= 15 is 0 Å². The van der Waals surface area contributed by atoms with Crippen molar-refractivity contribution in [3.05, 3.63) is 29.6 Å². The molecule has 1 amide bonds. The second-order valence-corrected chi connectivity index (χ2v) is 5.10. The Morgan fingerprint density at radius 1 is 1.28 bits per heavy atom.